The third-order valence-electron chi connectivity index (χ3n) is 4.29. The van der Waals surface area contributed by atoms with Gasteiger partial charge in [0.2, 0.25) is 5.91 Å². The molecule has 1 aliphatic heterocycles. The Kier molecular flexibility index (Phi) is 4.08. The number of carbonyl (C=O) groups is 1. The van der Waals surface area contributed by atoms with E-state index in [1.54, 1.807) is 6.33 Å². The summed E-state index contributed by atoms with van der Waals surface area (Å²) < 4.78 is 0. The van der Waals surface area contributed by atoms with Crippen LogP contribution in [-0.4, -0.2) is 39.9 Å². The maximum atomic E-state index is 12.2. The van der Waals surface area contributed by atoms with Crippen LogP contribution >= 0.6 is 0 Å². The van der Waals surface area contributed by atoms with Gasteiger partial charge in [0.25, 0.3) is 0 Å². The molecule has 1 aromatic heterocycles. The predicted octanol–water partition coefficient (Wildman–Crippen LogP) is 2.41. The molecule has 0 radical (unpaired) electrons. The molecule has 0 unspecified atom stereocenters. The van der Waals surface area contributed by atoms with Gasteiger partial charge in [0.15, 0.2) is 0 Å². The minimum absolute atomic E-state index is 0.302. The topological polar surface area (TPSA) is 58.1 Å². The molecule has 1 saturated carbocycles. The Bertz CT molecular complexity index is 513. The van der Waals surface area contributed by atoms with Crippen LogP contribution in [0, 0.1) is 5.92 Å². The molecule has 2 heterocycles. The van der Waals surface area contributed by atoms with E-state index in [2.05, 4.69) is 29.1 Å². The van der Waals surface area contributed by atoms with E-state index in [0.29, 0.717) is 23.8 Å². The molecule has 114 valence electrons. The summed E-state index contributed by atoms with van der Waals surface area (Å²) in [6.45, 7) is 5.97. The second-order valence-corrected chi connectivity index (χ2v) is 6.52. The molecule has 1 atom stereocenters. The first-order chi connectivity index (χ1) is 10.1. The molecular weight excluding hydrogens is 264 g/mol. The molecule has 2 fully saturated rings. The standard InChI is InChI=1S/C16H24N4O/c1-11(2)14-8-15(18-10-17-14)19-13-4-3-7-20(9-13)16(21)12-5-6-12/h8,10-13H,3-7,9H2,1-2H3,(H,17,18,19)/t13-/m1/s1. The van der Waals surface area contributed by atoms with Crippen molar-refractivity contribution in [2.24, 2.45) is 5.92 Å². The lowest BCUT2D eigenvalue weighted by Crippen LogP contribution is -2.45. The average Bonchev–Trinajstić information content (AvgIpc) is 3.32. The SMILES string of the molecule is CC(C)c1cc(N[C@@H]2CCCN(C(=O)C3CC3)C2)ncn1. The zero-order valence-electron chi connectivity index (χ0n) is 12.9. The van der Waals surface area contributed by atoms with Crippen LogP contribution in [0.4, 0.5) is 5.82 Å². The first-order valence-electron chi connectivity index (χ1n) is 8.00. The number of amides is 1. The van der Waals surface area contributed by atoms with Crippen molar-refractivity contribution in [1.29, 1.82) is 0 Å². The van der Waals surface area contributed by atoms with E-state index >= 15 is 0 Å². The summed E-state index contributed by atoms with van der Waals surface area (Å²) in [5, 5.41) is 3.48. The number of aromatic nitrogens is 2. The Morgan fingerprint density at radius 1 is 1.33 bits per heavy atom. The molecule has 1 saturated heterocycles. The lowest BCUT2D eigenvalue weighted by molar-refractivity contribution is -0.133. The van der Waals surface area contributed by atoms with Crippen molar-refractivity contribution < 1.29 is 4.79 Å². The maximum absolute atomic E-state index is 12.2. The number of nitrogens with one attached hydrogen (secondary N) is 1. The predicted molar refractivity (Wildman–Crippen MR) is 82.1 cm³/mol. The van der Waals surface area contributed by atoms with Gasteiger partial charge in [-0.15, -0.1) is 0 Å². The fraction of sp³-hybridized carbons (Fsp3) is 0.688. The number of anilines is 1. The van der Waals surface area contributed by atoms with E-state index in [-0.39, 0.29) is 0 Å². The van der Waals surface area contributed by atoms with E-state index in [1.807, 2.05) is 11.0 Å². The first kappa shape index (κ1) is 14.3. The quantitative estimate of drug-likeness (QED) is 0.924. The Labute approximate surface area is 126 Å². The Morgan fingerprint density at radius 2 is 2.14 bits per heavy atom. The summed E-state index contributed by atoms with van der Waals surface area (Å²) >= 11 is 0. The van der Waals surface area contributed by atoms with Crippen LogP contribution < -0.4 is 5.32 Å². The molecule has 0 bridgehead atoms. The zero-order valence-corrected chi connectivity index (χ0v) is 12.9. The van der Waals surface area contributed by atoms with E-state index in [0.717, 1.165) is 50.3 Å². The van der Waals surface area contributed by atoms with Crippen LogP contribution in [0.3, 0.4) is 0 Å². The van der Waals surface area contributed by atoms with Crippen molar-refractivity contribution in [2.75, 3.05) is 18.4 Å². The Balaban J connectivity index is 1.61. The van der Waals surface area contributed by atoms with Gasteiger partial charge in [-0.25, -0.2) is 9.97 Å². The van der Waals surface area contributed by atoms with Gasteiger partial charge in [-0.1, -0.05) is 13.8 Å². The molecule has 3 rings (SSSR count). The van der Waals surface area contributed by atoms with Crippen LogP contribution in [0.2, 0.25) is 0 Å². The highest BCUT2D eigenvalue weighted by atomic mass is 16.2. The molecule has 1 N–H and O–H groups in total. The van der Waals surface area contributed by atoms with Crippen molar-refractivity contribution in [3.8, 4) is 0 Å². The minimum Gasteiger partial charge on any atom is -0.365 e. The van der Waals surface area contributed by atoms with E-state index in [1.165, 1.54) is 0 Å². The number of carbonyl (C=O) groups excluding carboxylic acids is 1. The largest absolute Gasteiger partial charge is 0.365 e. The normalized spacial score (nSPS) is 22.4. The van der Waals surface area contributed by atoms with Gasteiger partial charge in [-0.2, -0.15) is 0 Å². The molecule has 1 aromatic rings. The number of hydrogen-bond acceptors (Lipinski definition) is 4. The number of rotatable bonds is 4. The van der Waals surface area contributed by atoms with Crippen LogP contribution in [-0.2, 0) is 4.79 Å². The van der Waals surface area contributed by atoms with E-state index in [9.17, 15) is 4.79 Å². The molecular formula is C16H24N4O. The van der Waals surface area contributed by atoms with Crippen LogP contribution in [0.5, 0.6) is 0 Å². The molecule has 1 aliphatic carbocycles. The fourth-order valence-electron chi connectivity index (χ4n) is 2.86. The smallest absolute Gasteiger partial charge is 0.225 e. The summed E-state index contributed by atoms with van der Waals surface area (Å²) in [6.07, 6.45) is 5.94. The highest BCUT2D eigenvalue weighted by molar-refractivity contribution is 5.81. The molecule has 2 aliphatic rings. The van der Waals surface area contributed by atoms with Gasteiger partial charge in [0.1, 0.15) is 12.1 Å². The van der Waals surface area contributed by atoms with Crippen molar-refractivity contribution in [2.45, 2.75) is 51.5 Å². The van der Waals surface area contributed by atoms with Gasteiger partial charge in [-0.3, -0.25) is 4.79 Å². The summed E-state index contributed by atoms with van der Waals surface area (Å²) in [5.74, 6) is 1.94. The van der Waals surface area contributed by atoms with Crippen molar-refractivity contribution in [3.05, 3.63) is 18.1 Å². The summed E-state index contributed by atoms with van der Waals surface area (Å²) in [5.41, 5.74) is 1.05. The Hall–Kier alpha value is -1.65. The van der Waals surface area contributed by atoms with Gasteiger partial charge in [0, 0.05) is 36.8 Å². The third kappa shape index (κ3) is 3.52. The van der Waals surface area contributed by atoms with Gasteiger partial charge in [0.05, 0.1) is 0 Å². The molecule has 5 nitrogen and oxygen atoms in total. The average molecular weight is 288 g/mol. The minimum atomic E-state index is 0.302. The highest BCUT2D eigenvalue weighted by Gasteiger charge is 2.35. The number of piperidine rings is 1. The lowest BCUT2D eigenvalue weighted by Gasteiger charge is -2.33. The summed E-state index contributed by atoms with van der Waals surface area (Å²) in [6, 6.07) is 2.32. The summed E-state index contributed by atoms with van der Waals surface area (Å²) in [7, 11) is 0. The van der Waals surface area contributed by atoms with E-state index < -0.39 is 0 Å². The number of hydrogen-bond donors (Lipinski definition) is 1. The number of likely N-dealkylation sites (tertiary alicyclic amines) is 1. The number of nitrogens with zero attached hydrogens (tertiary/aromatic N) is 3. The third-order valence-corrected chi connectivity index (χ3v) is 4.29. The molecule has 21 heavy (non-hydrogen) atoms. The van der Waals surface area contributed by atoms with Crippen LogP contribution in [0.1, 0.15) is 51.1 Å². The Morgan fingerprint density at radius 3 is 2.86 bits per heavy atom. The lowest BCUT2D eigenvalue weighted by atomic mass is 10.0. The molecule has 1 amide bonds. The van der Waals surface area contributed by atoms with Crippen LogP contribution in [0.25, 0.3) is 0 Å². The van der Waals surface area contributed by atoms with Crippen molar-refractivity contribution >= 4 is 11.7 Å². The monoisotopic (exact) mass is 288 g/mol. The van der Waals surface area contributed by atoms with Gasteiger partial charge in [-0.05, 0) is 31.6 Å². The van der Waals surface area contributed by atoms with E-state index in [4.69, 9.17) is 0 Å². The maximum Gasteiger partial charge on any atom is 0.225 e. The fourth-order valence-corrected chi connectivity index (χ4v) is 2.86. The van der Waals surface area contributed by atoms with Gasteiger partial charge < -0.3 is 10.2 Å². The summed E-state index contributed by atoms with van der Waals surface area (Å²) in [4.78, 5) is 22.8. The van der Waals surface area contributed by atoms with Crippen molar-refractivity contribution in [3.63, 3.8) is 0 Å². The highest BCUT2D eigenvalue weighted by Crippen LogP contribution is 2.32. The second kappa shape index (κ2) is 6.00. The van der Waals surface area contributed by atoms with Gasteiger partial charge >= 0.3 is 0 Å². The molecule has 0 aromatic carbocycles. The zero-order chi connectivity index (χ0) is 14.8. The molecule has 0 spiro atoms. The molecule has 5 heteroatoms. The second-order valence-electron chi connectivity index (χ2n) is 6.52. The van der Waals surface area contributed by atoms with Crippen LogP contribution in [0.15, 0.2) is 12.4 Å². The van der Waals surface area contributed by atoms with Crippen molar-refractivity contribution in [1.82, 2.24) is 14.9 Å². The first-order valence-corrected chi connectivity index (χ1v) is 8.00.